The first-order chi connectivity index (χ1) is 10.5. The molecule has 0 bridgehead atoms. The molecule has 0 aromatic carbocycles. The third-order valence-electron chi connectivity index (χ3n) is 3.94. The number of aromatic nitrogens is 4. The average Bonchev–Trinajstić information content (AvgIpc) is 3.07. The average molecular weight is 301 g/mol. The van der Waals surface area contributed by atoms with Gasteiger partial charge in [-0.25, -0.2) is 9.36 Å². The maximum absolute atomic E-state index is 12.3. The number of nitrogens with two attached hydrogens (primary N) is 1. The molecule has 8 heteroatoms. The van der Waals surface area contributed by atoms with Crippen LogP contribution in [0.1, 0.15) is 19.4 Å². The molecule has 8 nitrogen and oxygen atoms in total. The Morgan fingerprint density at radius 1 is 1.59 bits per heavy atom. The minimum atomic E-state index is -0.263. The van der Waals surface area contributed by atoms with Gasteiger partial charge in [0.25, 0.3) is 5.91 Å². The van der Waals surface area contributed by atoms with Crippen LogP contribution in [-0.2, 0) is 11.8 Å². The van der Waals surface area contributed by atoms with E-state index in [0.29, 0.717) is 36.5 Å². The topological polar surface area (TPSA) is 101 Å². The standard InChI is InChI=1S/C14H16N6O2/c1-3-4-10(21)19-6-5-9(7-19)20-13-11(17-14(20)22)12(15)18(2)8-16-13/h8-9,15H,5-7H2,1-2H3,(H,17,22)/p+1. The maximum atomic E-state index is 12.3. The number of rotatable bonds is 1. The second kappa shape index (κ2) is 5.18. The van der Waals surface area contributed by atoms with Crippen molar-refractivity contribution in [1.29, 1.82) is 0 Å². The lowest BCUT2D eigenvalue weighted by Gasteiger charge is -2.13. The summed E-state index contributed by atoms with van der Waals surface area (Å²) in [7, 11) is 1.76. The summed E-state index contributed by atoms with van der Waals surface area (Å²) in [6, 6.07) is -0.122. The van der Waals surface area contributed by atoms with Crippen molar-refractivity contribution < 1.29 is 9.36 Å². The number of nitrogens with one attached hydrogen (secondary N) is 1. The van der Waals surface area contributed by atoms with Gasteiger partial charge in [-0.2, -0.15) is 0 Å². The smallest absolute Gasteiger partial charge is 0.329 e. The molecular weight excluding hydrogens is 284 g/mol. The second-order valence-electron chi connectivity index (χ2n) is 5.31. The van der Waals surface area contributed by atoms with E-state index in [1.54, 1.807) is 34.3 Å². The normalized spacial score (nSPS) is 17.5. The number of carbonyl (C=O) groups is 1. The Bertz CT molecular complexity index is 869. The van der Waals surface area contributed by atoms with Gasteiger partial charge in [-0.05, 0) is 19.3 Å². The van der Waals surface area contributed by atoms with Crippen LogP contribution in [0.4, 0.5) is 5.82 Å². The largest absolute Gasteiger partial charge is 0.330 e. The van der Waals surface area contributed by atoms with E-state index < -0.39 is 0 Å². The highest BCUT2D eigenvalue weighted by Gasteiger charge is 2.31. The molecule has 3 heterocycles. The first kappa shape index (κ1) is 14.1. The first-order valence-electron chi connectivity index (χ1n) is 6.99. The van der Waals surface area contributed by atoms with Gasteiger partial charge in [0.1, 0.15) is 0 Å². The zero-order chi connectivity index (χ0) is 15.9. The molecular formula is C14H17N6O2+. The molecule has 1 aliphatic heterocycles. The Hall–Kier alpha value is -2.82. The van der Waals surface area contributed by atoms with Crippen LogP contribution in [0.2, 0.25) is 0 Å². The fraction of sp³-hybridized carbons (Fsp3) is 0.429. The molecule has 114 valence electrons. The number of amides is 1. The van der Waals surface area contributed by atoms with Crippen molar-refractivity contribution in [2.45, 2.75) is 19.4 Å². The number of nitrogens with zero attached hydrogens (tertiary/aromatic N) is 4. The van der Waals surface area contributed by atoms with E-state index in [9.17, 15) is 9.59 Å². The monoisotopic (exact) mass is 301 g/mol. The number of hydrogen-bond acceptors (Lipinski definition) is 4. The number of anilines is 1. The fourth-order valence-electron chi connectivity index (χ4n) is 2.79. The number of hydrogen-bond donors (Lipinski definition) is 2. The summed E-state index contributed by atoms with van der Waals surface area (Å²) in [5.41, 5.74) is 6.74. The highest BCUT2D eigenvalue weighted by molar-refractivity contribution is 5.93. The summed E-state index contributed by atoms with van der Waals surface area (Å²) >= 11 is 0. The molecule has 0 spiro atoms. The van der Waals surface area contributed by atoms with Gasteiger partial charge in [0.2, 0.25) is 17.8 Å². The van der Waals surface area contributed by atoms with Crippen LogP contribution >= 0.6 is 0 Å². The molecule has 1 atom stereocenters. The van der Waals surface area contributed by atoms with Gasteiger partial charge in [-0.3, -0.25) is 14.3 Å². The number of imidazole rings is 1. The van der Waals surface area contributed by atoms with Gasteiger partial charge >= 0.3 is 5.69 Å². The van der Waals surface area contributed by atoms with E-state index in [4.69, 9.17) is 5.73 Å². The Morgan fingerprint density at radius 2 is 2.36 bits per heavy atom. The predicted molar refractivity (Wildman–Crippen MR) is 79.6 cm³/mol. The lowest BCUT2D eigenvalue weighted by Crippen LogP contribution is -2.33. The molecule has 3 rings (SSSR count). The summed E-state index contributed by atoms with van der Waals surface area (Å²) < 4.78 is 3.22. The van der Waals surface area contributed by atoms with E-state index >= 15 is 0 Å². The zero-order valence-electron chi connectivity index (χ0n) is 12.5. The fourth-order valence-corrected chi connectivity index (χ4v) is 2.79. The third-order valence-corrected chi connectivity index (χ3v) is 3.94. The maximum Gasteiger partial charge on any atom is 0.329 e. The first-order valence-corrected chi connectivity index (χ1v) is 6.99. The number of likely N-dealkylation sites (tertiary alicyclic amines) is 1. The highest BCUT2D eigenvalue weighted by Crippen LogP contribution is 2.23. The van der Waals surface area contributed by atoms with Crippen LogP contribution < -0.4 is 16.0 Å². The van der Waals surface area contributed by atoms with Crippen LogP contribution in [0.15, 0.2) is 11.1 Å². The number of aryl methyl sites for hydroxylation is 1. The number of H-pyrrole nitrogens is 1. The van der Waals surface area contributed by atoms with E-state index in [1.807, 2.05) is 0 Å². The summed E-state index contributed by atoms with van der Waals surface area (Å²) in [5.74, 6) is 5.36. The third kappa shape index (κ3) is 2.11. The summed E-state index contributed by atoms with van der Waals surface area (Å²) in [6.45, 7) is 2.65. The lowest BCUT2D eigenvalue weighted by molar-refractivity contribution is -0.658. The predicted octanol–water partition coefficient (Wildman–Crippen LogP) is -1.07. The molecule has 0 aliphatic carbocycles. The Morgan fingerprint density at radius 3 is 3.09 bits per heavy atom. The van der Waals surface area contributed by atoms with Crippen molar-refractivity contribution in [3.63, 3.8) is 0 Å². The Kier molecular flexibility index (Phi) is 3.33. The van der Waals surface area contributed by atoms with Gasteiger partial charge in [-0.15, -0.1) is 0 Å². The molecule has 22 heavy (non-hydrogen) atoms. The molecule has 0 saturated carbocycles. The van der Waals surface area contributed by atoms with Crippen LogP contribution in [0.3, 0.4) is 0 Å². The van der Waals surface area contributed by atoms with Crippen LogP contribution in [0, 0.1) is 11.8 Å². The summed E-state index contributed by atoms with van der Waals surface area (Å²) in [4.78, 5) is 32.8. The van der Waals surface area contributed by atoms with Crippen LogP contribution in [0.25, 0.3) is 11.2 Å². The molecule has 1 unspecified atom stereocenters. The highest BCUT2D eigenvalue weighted by atomic mass is 16.2. The Labute approximate surface area is 126 Å². The van der Waals surface area contributed by atoms with E-state index in [0.717, 1.165) is 0 Å². The summed E-state index contributed by atoms with van der Waals surface area (Å²) in [5, 5.41) is 0. The van der Waals surface area contributed by atoms with Crippen molar-refractivity contribution in [1.82, 2.24) is 19.4 Å². The van der Waals surface area contributed by atoms with E-state index in [1.165, 1.54) is 0 Å². The van der Waals surface area contributed by atoms with Gasteiger partial charge in [0.05, 0.1) is 13.1 Å². The van der Waals surface area contributed by atoms with Crippen molar-refractivity contribution >= 4 is 22.9 Å². The van der Waals surface area contributed by atoms with Crippen molar-refractivity contribution in [3.05, 3.63) is 16.8 Å². The van der Waals surface area contributed by atoms with E-state index in [-0.39, 0.29) is 17.6 Å². The zero-order valence-corrected chi connectivity index (χ0v) is 12.5. The molecule has 1 fully saturated rings. The van der Waals surface area contributed by atoms with E-state index in [2.05, 4.69) is 21.8 Å². The minimum absolute atomic E-state index is 0.122. The molecule has 0 radical (unpaired) electrons. The molecule has 2 aromatic heterocycles. The van der Waals surface area contributed by atoms with Crippen molar-refractivity contribution in [2.75, 3.05) is 18.8 Å². The van der Waals surface area contributed by atoms with Crippen LogP contribution in [0.5, 0.6) is 0 Å². The van der Waals surface area contributed by atoms with Gasteiger partial charge in [0.15, 0.2) is 5.52 Å². The minimum Gasteiger partial charge on any atom is -0.330 e. The molecule has 3 N–H and O–H groups in total. The van der Waals surface area contributed by atoms with Gasteiger partial charge < -0.3 is 10.6 Å². The number of carbonyl (C=O) groups excluding carboxylic acids is 1. The summed E-state index contributed by atoms with van der Waals surface area (Å²) in [6.07, 6.45) is 2.26. The number of aromatic amines is 1. The number of nitrogen functional groups attached to an aromatic ring is 1. The molecule has 1 saturated heterocycles. The van der Waals surface area contributed by atoms with Gasteiger partial charge in [0, 0.05) is 13.1 Å². The number of fused-ring (bicyclic) bond motifs is 1. The Balaban J connectivity index is 2.00. The second-order valence-corrected chi connectivity index (χ2v) is 5.31. The van der Waals surface area contributed by atoms with Crippen LogP contribution in [-0.4, -0.2) is 38.4 Å². The van der Waals surface area contributed by atoms with Gasteiger partial charge in [-0.1, -0.05) is 10.9 Å². The quantitative estimate of drug-likeness (QED) is 0.517. The lowest BCUT2D eigenvalue weighted by atomic mass is 10.2. The SMILES string of the molecule is CC#CC(=O)N1CCC(n2c(=O)[nH]c3c(N)[n+](C)cnc32)C1. The van der Waals surface area contributed by atoms with Crippen molar-refractivity contribution in [3.8, 4) is 11.8 Å². The van der Waals surface area contributed by atoms with Crippen molar-refractivity contribution in [2.24, 2.45) is 7.05 Å². The molecule has 1 amide bonds. The molecule has 1 aliphatic rings. The molecule has 2 aromatic rings.